The number of hydroxylamine groups is 1. The monoisotopic (exact) mass is 405 g/mol. The molecule has 1 fully saturated rings. The van der Waals surface area contributed by atoms with Gasteiger partial charge in [-0.25, -0.2) is 14.8 Å². The number of esters is 1. The Balaban J connectivity index is 1.82. The molecule has 1 aliphatic heterocycles. The molecule has 0 bridgehead atoms. The van der Waals surface area contributed by atoms with Crippen LogP contribution in [0.1, 0.15) is 63.5 Å². The molecule has 1 saturated heterocycles. The molecule has 0 unspecified atom stereocenters. The molecule has 3 rings (SSSR count). The largest absolute Gasteiger partial charge is 0.464 e. The van der Waals surface area contributed by atoms with Gasteiger partial charge in [0.05, 0.1) is 18.0 Å². The number of hydrogen-bond acceptors (Lipinski definition) is 5. The molecule has 7 heteroatoms. The van der Waals surface area contributed by atoms with E-state index in [1.54, 1.807) is 5.06 Å². The van der Waals surface area contributed by atoms with Gasteiger partial charge in [-0.15, -0.1) is 0 Å². The van der Waals surface area contributed by atoms with E-state index in [-0.39, 0.29) is 12.0 Å². The second-order valence-electron chi connectivity index (χ2n) is 7.02. The highest BCUT2D eigenvalue weighted by molar-refractivity contribution is 6.30. The van der Waals surface area contributed by atoms with E-state index in [9.17, 15) is 4.79 Å². The van der Waals surface area contributed by atoms with Crippen LogP contribution in [0.3, 0.4) is 0 Å². The molecule has 28 heavy (non-hydrogen) atoms. The lowest BCUT2D eigenvalue weighted by Gasteiger charge is -2.24. The van der Waals surface area contributed by atoms with E-state index in [1.165, 1.54) is 0 Å². The number of carbonyl (C=O) groups is 1. The van der Waals surface area contributed by atoms with Crippen molar-refractivity contribution < 1.29 is 14.4 Å². The number of aromatic amines is 1. The SMILES string of the molecule is CCCCOC(=O)[C@@H]1C[C@@H](c2[nH]c(CCCC)nc2Cl)N(c2ccccc2)O1. The molecule has 2 aromatic rings. The van der Waals surface area contributed by atoms with Crippen molar-refractivity contribution in [3.63, 3.8) is 0 Å². The minimum Gasteiger partial charge on any atom is -0.464 e. The molecule has 0 amide bonds. The van der Waals surface area contributed by atoms with Crippen LogP contribution in [-0.4, -0.2) is 28.6 Å². The first-order valence-electron chi connectivity index (χ1n) is 10.1. The highest BCUT2D eigenvalue weighted by Gasteiger charge is 2.41. The van der Waals surface area contributed by atoms with E-state index in [1.807, 2.05) is 30.3 Å². The summed E-state index contributed by atoms with van der Waals surface area (Å²) in [4.78, 5) is 26.3. The molecule has 0 spiro atoms. The summed E-state index contributed by atoms with van der Waals surface area (Å²) in [6, 6.07) is 9.46. The van der Waals surface area contributed by atoms with Crippen molar-refractivity contribution in [3.8, 4) is 0 Å². The van der Waals surface area contributed by atoms with E-state index >= 15 is 0 Å². The molecule has 2 atom stereocenters. The van der Waals surface area contributed by atoms with Gasteiger partial charge in [-0.3, -0.25) is 4.84 Å². The van der Waals surface area contributed by atoms with Gasteiger partial charge in [0, 0.05) is 12.8 Å². The second kappa shape index (κ2) is 9.94. The number of nitrogens with zero attached hydrogens (tertiary/aromatic N) is 2. The first kappa shape index (κ1) is 20.7. The minimum absolute atomic E-state index is 0.235. The van der Waals surface area contributed by atoms with E-state index in [4.69, 9.17) is 21.2 Å². The predicted octanol–water partition coefficient (Wildman–Crippen LogP) is 5.00. The summed E-state index contributed by atoms with van der Waals surface area (Å²) in [6.07, 6.45) is 4.58. The van der Waals surface area contributed by atoms with Crippen LogP contribution in [0.2, 0.25) is 5.15 Å². The number of aromatic nitrogens is 2. The summed E-state index contributed by atoms with van der Waals surface area (Å²) >= 11 is 6.45. The summed E-state index contributed by atoms with van der Waals surface area (Å²) in [5, 5.41) is 2.18. The number of unbranched alkanes of at least 4 members (excludes halogenated alkanes) is 2. The highest BCUT2D eigenvalue weighted by Crippen LogP contribution is 2.40. The van der Waals surface area contributed by atoms with Crippen LogP contribution in [0.15, 0.2) is 30.3 Å². The van der Waals surface area contributed by atoms with Crippen LogP contribution in [0, 0.1) is 0 Å². The van der Waals surface area contributed by atoms with Gasteiger partial charge in [0.1, 0.15) is 11.9 Å². The Bertz CT molecular complexity index is 766. The van der Waals surface area contributed by atoms with Crippen molar-refractivity contribution in [2.24, 2.45) is 0 Å². The number of halogens is 1. The van der Waals surface area contributed by atoms with Gasteiger partial charge >= 0.3 is 5.97 Å². The molecule has 152 valence electrons. The lowest BCUT2D eigenvalue weighted by molar-refractivity contribution is -0.155. The third-order valence-electron chi connectivity index (χ3n) is 4.81. The normalized spacial score (nSPS) is 19.2. The highest BCUT2D eigenvalue weighted by atomic mass is 35.5. The van der Waals surface area contributed by atoms with E-state index in [2.05, 4.69) is 23.8 Å². The summed E-state index contributed by atoms with van der Waals surface area (Å²) < 4.78 is 5.37. The maximum Gasteiger partial charge on any atom is 0.338 e. The van der Waals surface area contributed by atoms with Crippen LogP contribution in [-0.2, 0) is 20.8 Å². The fourth-order valence-corrected chi connectivity index (χ4v) is 3.52. The molecule has 1 aliphatic rings. The van der Waals surface area contributed by atoms with Gasteiger partial charge < -0.3 is 9.72 Å². The average Bonchev–Trinajstić information content (AvgIpc) is 3.30. The number of H-pyrrole nitrogens is 1. The molecular weight excluding hydrogens is 378 g/mol. The third kappa shape index (κ3) is 4.86. The number of rotatable bonds is 9. The first-order chi connectivity index (χ1) is 13.6. The van der Waals surface area contributed by atoms with Crippen LogP contribution in [0.25, 0.3) is 0 Å². The first-order valence-corrected chi connectivity index (χ1v) is 10.4. The molecule has 0 radical (unpaired) electrons. The van der Waals surface area contributed by atoms with Gasteiger partial charge in [0.15, 0.2) is 11.3 Å². The molecular formula is C21H28ClN3O3. The van der Waals surface area contributed by atoms with Crippen molar-refractivity contribution in [3.05, 3.63) is 47.0 Å². The summed E-state index contributed by atoms with van der Waals surface area (Å²) in [6.45, 7) is 4.61. The van der Waals surface area contributed by atoms with Crippen LogP contribution < -0.4 is 5.06 Å². The summed E-state index contributed by atoms with van der Waals surface area (Å²) in [5.41, 5.74) is 1.64. The summed E-state index contributed by atoms with van der Waals surface area (Å²) in [7, 11) is 0. The summed E-state index contributed by atoms with van der Waals surface area (Å²) in [5.74, 6) is 0.530. The number of hydrogen-bond donors (Lipinski definition) is 1. The quantitative estimate of drug-likeness (QED) is 0.469. The number of carbonyl (C=O) groups excluding carboxylic acids is 1. The van der Waals surface area contributed by atoms with Crippen molar-refractivity contribution in [2.45, 2.75) is 64.5 Å². The number of ether oxygens (including phenoxy) is 1. The lowest BCUT2D eigenvalue weighted by atomic mass is 10.1. The third-order valence-corrected chi connectivity index (χ3v) is 5.10. The topological polar surface area (TPSA) is 67.5 Å². The molecule has 0 saturated carbocycles. The van der Waals surface area contributed by atoms with E-state index in [0.29, 0.717) is 18.2 Å². The molecule has 1 aromatic heterocycles. The smallest absolute Gasteiger partial charge is 0.338 e. The number of para-hydroxylation sites is 1. The average molecular weight is 406 g/mol. The number of benzene rings is 1. The fraction of sp³-hybridized carbons (Fsp3) is 0.524. The molecule has 1 aromatic carbocycles. The van der Waals surface area contributed by atoms with Crippen molar-refractivity contribution in [2.75, 3.05) is 11.7 Å². The minimum atomic E-state index is -0.666. The second-order valence-corrected chi connectivity index (χ2v) is 7.38. The van der Waals surface area contributed by atoms with E-state index < -0.39 is 6.10 Å². The van der Waals surface area contributed by atoms with Gasteiger partial charge in [-0.1, -0.05) is 56.5 Å². The number of aryl methyl sites for hydroxylation is 1. The van der Waals surface area contributed by atoms with Crippen molar-refractivity contribution in [1.82, 2.24) is 9.97 Å². The lowest BCUT2D eigenvalue weighted by Crippen LogP contribution is -2.26. The zero-order chi connectivity index (χ0) is 19.9. The van der Waals surface area contributed by atoms with Crippen molar-refractivity contribution in [1.29, 1.82) is 0 Å². The Hall–Kier alpha value is -2.05. The standard InChI is InChI=1S/C21H28ClN3O3/c1-3-5-12-18-23-19(20(22)24-18)16-14-17(21(26)27-13-6-4-2)28-25(16)15-10-8-7-9-11-15/h7-11,16-17H,3-6,12-14H2,1-2H3,(H,23,24)/t16-,17-/m0/s1. The molecule has 0 aliphatic carbocycles. The van der Waals surface area contributed by atoms with Crippen LogP contribution in [0.5, 0.6) is 0 Å². The van der Waals surface area contributed by atoms with Crippen LogP contribution in [0.4, 0.5) is 5.69 Å². The van der Waals surface area contributed by atoms with Gasteiger partial charge in [0.2, 0.25) is 0 Å². The van der Waals surface area contributed by atoms with Gasteiger partial charge in [-0.05, 0) is 25.0 Å². The maximum absolute atomic E-state index is 12.5. The molecule has 6 nitrogen and oxygen atoms in total. The van der Waals surface area contributed by atoms with E-state index in [0.717, 1.165) is 49.3 Å². The fourth-order valence-electron chi connectivity index (χ4n) is 3.25. The number of nitrogens with one attached hydrogen (secondary N) is 1. The zero-order valence-corrected chi connectivity index (χ0v) is 17.2. The Labute approximate surface area is 171 Å². The predicted molar refractivity (Wildman–Crippen MR) is 109 cm³/mol. The molecule has 1 N–H and O–H groups in total. The Kier molecular flexibility index (Phi) is 7.34. The zero-order valence-electron chi connectivity index (χ0n) is 16.5. The van der Waals surface area contributed by atoms with Gasteiger partial charge in [0.25, 0.3) is 0 Å². The number of anilines is 1. The Morgan fingerprint density at radius 3 is 2.75 bits per heavy atom. The van der Waals surface area contributed by atoms with Gasteiger partial charge in [-0.2, -0.15) is 0 Å². The molecule has 2 heterocycles. The Morgan fingerprint density at radius 2 is 2.04 bits per heavy atom. The van der Waals surface area contributed by atoms with Crippen molar-refractivity contribution >= 4 is 23.3 Å². The number of imidazole rings is 1. The maximum atomic E-state index is 12.5. The Morgan fingerprint density at radius 1 is 1.29 bits per heavy atom. The van der Waals surface area contributed by atoms with Crippen LogP contribution >= 0.6 is 11.6 Å².